The van der Waals surface area contributed by atoms with Gasteiger partial charge in [0.05, 0.1) is 24.8 Å². The molecular formula is C23H26N2O5. The molecule has 2 aromatic rings. The molecule has 0 bridgehead atoms. The Morgan fingerprint density at radius 3 is 2.77 bits per heavy atom. The highest BCUT2D eigenvalue weighted by Gasteiger charge is 2.44. The third-order valence-electron chi connectivity index (χ3n) is 5.67. The Kier molecular flexibility index (Phi) is 5.99. The van der Waals surface area contributed by atoms with E-state index in [9.17, 15) is 14.4 Å². The maximum absolute atomic E-state index is 13.4. The van der Waals surface area contributed by atoms with Gasteiger partial charge in [0.15, 0.2) is 24.0 Å². The second kappa shape index (κ2) is 8.83. The van der Waals surface area contributed by atoms with Crippen molar-refractivity contribution in [1.82, 2.24) is 9.47 Å². The number of rotatable bonds is 7. The van der Waals surface area contributed by atoms with Crippen molar-refractivity contribution in [3.63, 3.8) is 0 Å². The number of pyridine rings is 1. The second-order valence-electron chi connectivity index (χ2n) is 7.69. The number of nitrogens with zero attached hydrogens (tertiary/aromatic N) is 2. The average Bonchev–Trinajstić information content (AvgIpc) is 2.78. The highest BCUT2D eigenvalue weighted by Crippen LogP contribution is 2.35. The molecular weight excluding hydrogens is 384 g/mol. The van der Waals surface area contributed by atoms with Gasteiger partial charge >= 0.3 is 0 Å². The monoisotopic (exact) mass is 410 g/mol. The van der Waals surface area contributed by atoms with E-state index in [-0.39, 0.29) is 29.0 Å². The lowest BCUT2D eigenvalue weighted by atomic mass is 9.98. The number of hydrogen-bond acceptors (Lipinski definition) is 5. The van der Waals surface area contributed by atoms with Crippen molar-refractivity contribution in [3.8, 4) is 5.75 Å². The number of hydrogen-bond donors (Lipinski definition) is 0. The van der Waals surface area contributed by atoms with E-state index in [2.05, 4.69) is 0 Å². The lowest BCUT2D eigenvalue weighted by molar-refractivity contribution is -0.111. The number of carbonyl (C=O) groups excluding carboxylic acids is 2. The first kappa shape index (κ1) is 20.3. The molecule has 30 heavy (non-hydrogen) atoms. The van der Waals surface area contributed by atoms with Crippen molar-refractivity contribution in [2.75, 3.05) is 19.8 Å². The van der Waals surface area contributed by atoms with Gasteiger partial charge in [0.2, 0.25) is 5.43 Å². The summed E-state index contributed by atoms with van der Waals surface area (Å²) in [5, 5.41) is 0. The van der Waals surface area contributed by atoms with Crippen molar-refractivity contribution in [2.45, 2.75) is 44.9 Å². The quantitative estimate of drug-likeness (QED) is 0.518. The first-order valence-electron chi connectivity index (χ1n) is 10.5. The van der Waals surface area contributed by atoms with Gasteiger partial charge in [-0.2, -0.15) is 0 Å². The van der Waals surface area contributed by atoms with E-state index >= 15 is 0 Å². The molecule has 1 aromatic heterocycles. The highest BCUT2D eigenvalue weighted by atomic mass is 16.5. The first-order valence-corrected chi connectivity index (χ1v) is 10.5. The zero-order chi connectivity index (χ0) is 21.1. The molecule has 158 valence electrons. The Labute approximate surface area is 175 Å². The lowest BCUT2D eigenvalue weighted by Gasteiger charge is -2.45. The normalized spacial score (nSPS) is 20.4. The molecule has 0 N–H and O–H groups in total. The van der Waals surface area contributed by atoms with Gasteiger partial charge in [0.25, 0.3) is 5.91 Å². The van der Waals surface area contributed by atoms with E-state index in [1.165, 1.54) is 6.20 Å². The van der Waals surface area contributed by atoms with E-state index in [1.54, 1.807) is 9.47 Å². The van der Waals surface area contributed by atoms with Crippen LogP contribution in [0.2, 0.25) is 0 Å². The zero-order valence-corrected chi connectivity index (χ0v) is 17.1. The smallest absolute Gasteiger partial charge is 0.276 e. The summed E-state index contributed by atoms with van der Waals surface area (Å²) in [5.74, 6) is -0.315. The molecule has 3 heterocycles. The van der Waals surface area contributed by atoms with Gasteiger partial charge in [0.1, 0.15) is 0 Å². The number of fused-ring (bicyclic) bond motifs is 2. The maximum Gasteiger partial charge on any atom is 0.276 e. The molecule has 1 amide bonds. The maximum atomic E-state index is 13.4. The molecule has 1 aromatic carbocycles. The van der Waals surface area contributed by atoms with Gasteiger partial charge in [-0.05, 0) is 24.8 Å². The number of ether oxygens (including phenoxy) is 2. The van der Waals surface area contributed by atoms with Crippen molar-refractivity contribution in [2.24, 2.45) is 0 Å². The number of unbranched alkanes of at least 4 members (excludes halogenated alkanes) is 1. The number of aromatic nitrogens is 1. The van der Waals surface area contributed by atoms with E-state index in [1.807, 2.05) is 37.3 Å². The third kappa shape index (κ3) is 3.65. The number of amides is 1. The first-order chi connectivity index (χ1) is 14.7. The van der Waals surface area contributed by atoms with Crippen LogP contribution in [0.4, 0.5) is 0 Å². The fourth-order valence-electron chi connectivity index (χ4n) is 4.15. The van der Waals surface area contributed by atoms with Gasteiger partial charge in [-0.3, -0.25) is 14.4 Å². The summed E-state index contributed by atoms with van der Waals surface area (Å²) < 4.78 is 13.5. The van der Waals surface area contributed by atoms with Crippen molar-refractivity contribution in [1.29, 1.82) is 0 Å². The predicted molar refractivity (Wildman–Crippen MR) is 111 cm³/mol. The summed E-state index contributed by atoms with van der Waals surface area (Å²) in [4.78, 5) is 39.6. The predicted octanol–water partition coefficient (Wildman–Crippen LogP) is 2.83. The van der Waals surface area contributed by atoms with Crippen LogP contribution in [0.3, 0.4) is 0 Å². The lowest BCUT2D eigenvalue weighted by Crippen LogP contribution is -2.56. The molecule has 0 saturated carbocycles. The topological polar surface area (TPSA) is 77.8 Å². The van der Waals surface area contributed by atoms with E-state index in [4.69, 9.17) is 9.47 Å². The Hall–Kier alpha value is -2.93. The molecule has 4 rings (SSSR count). The second-order valence-corrected chi connectivity index (χ2v) is 7.69. The van der Waals surface area contributed by atoms with Crippen LogP contribution in [-0.2, 0) is 11.2 Å². The Morgan fingerprint density at radius 1 is 1.23 bits per heavy atom. The molecule has 2 aliphatic heterocycles. The van der Waals surface area contributed by atoms with E-state index < -0.39 is 11.7 Å². The van der Waals surface area contributed by atoms with Crippen LogP contribution in [0.1, 0.15) is 58.6 Å². The fraction of sp³-hybridized carbons (Fsp3) is 0.435. The van der Waals surface area contributed by atoms with Gasteiger partial charge in [-0.1, -0.05) is 43.7 Å². The summed E-state index contributed by atoms with van der Waals surface area (Å²) in [6.07, 6.45) is 4.54. The summed E-state index contributed by atoms with van der Waals surface area (Å²) >= 11 is 0. The number of aldehydes is 1. The van der Waals surface area contributed by atoms with Crippen LogP contribution < -0.4 is 10.2 Å². The minimum Gasteiger partial charge on any atom is -0.487 e. The molecule has 1 fully saturated rings. The Morgan fingerprint density at radius 2 is 2.03 bits per heavy atom. The standard InChI is InChI=1S/C23H26N2O5/c1-2-3-11-29-21-19-22(28)24-10-7-12-30-23(24)18(13-16-8-5-4-6-9-16)25(19)14-17(15-26)20(21)27/h4-6,8-9,14-15,18,23H,2-3,7,10-13H2,1H3/t18-,23-/m0/s1. The SMILES string of the molecule is CCCCOc1c2n(cc(C=O)c1=O)[C@@H](Cc1ccccc1)[C@@H]1OCCCN1C2=O. The molecule has 2 aliphatic rings. The van der Waals surface area contributed by atoms with Crippen LogP contribution in [0.25, 0.3) is 0 Å². The largest absolute Gasteiger partial charge is 0.487 e. The van der Waals surface area contributed by atoms with Crippen molar-refractivity contribution < 1.29 is 19.1 Å². The summed E-state index contributed by atoms with van der Waals surface area (Å²) in [7, 11) is 0. The molecule has 2 atom stereocenters. The molecule has 0 unspecified atom stereocenters. The summed E-state index contributed by atoms with van der Waals surface area (Å²) in [6.45, 7) is 3.46. The average molecular weight is 410 g/mol. The molecule has 0 radical (unpaired) electrons. The number of benzene rings is 1. The molecule has 0 spiro atoms. The zero-order valence-electron chi connectivity index (χ0n) is 17.1. The fourth-order valence-corrected chi connectivity index (χ4v) is 4.15. The Balaban J connectivity index is 1.86. The van der Waals surface area contributed by atoms with Gasteiger partial charge in [-0.25, -0.2) is 0 Å². The van der Waals surface area contributed by atoms with Crippen molar-refractivity contribution >= 4 is 12.2 Å². The van der Waals surface area contributed by atoms with Crippen molar-refractivity contribution in [3.05, 3.63) is 63.6 Å². The molecule has 0 aliphatic carbocycles. The Bertz CT molecular complexity index is 985. The minimum atomic E-state index is -0.532. The third-order valence-corrected chi connectivity index (χ3v) is 5.67. The molecule has 1 saturated heterocycles. The summed E-state index contributed by atoms with van der Waals surface area (Å²) in [6, 6.07) is 9.65. The van der Waals surface area contributed by atoms with Crippen LogP contribution in [0.5, 0.6) is 5.75 Å². The van der Waals surface area contributed by atoms with Crippen LogP contribution in [-0.4, -0.2) is 47.6 Å². The highest BCUT2D eigenvalue weighted by molar-refractivity contribution is 5.97. The van der Waals surface area contributed by atoms with E-state index in [0.29, 0.717) is 32.5 Å². The van der Waals surface area contributed by atoms with Gasteiger partial charge < -0.3 is 18.9 Å². The molecule has 7 nitrogen and oxygen atoms in total. The van der Waals surface area contributed by atoms with Gasteiger partial charge in [0, 0.05) is 12.7 Å². The van der Waals surface area contributed by atoms with Crippen LogP contribution in [0, 0.1) is 0 Å². The minimum absolute atomic E-state index is 0.0135. The molecule has 7 heteroatoms. The van der Waals surface area contributed by atoms with Crippen LogP contribution >= 0.6 is 0 Å². The number of carbonyl (C=O) groups is 2. The summed E-state index contributed by atoms with van der Waals surface area (Å²) in [5.41, 5.74) is 0.747. The van der Waals surface area contributed by atoms with Crippen LogP contribution in [0.15, 0.2) is 41.3 Å². The van der Waals surface area contributed by atoms with E-state index in [0.717, 1.165) is 24.8 Å². The van der Waals surface area contributed by atoms with Gasteiger partial charge in [-0.15, -0.1) is 0 Å².